The van der Waals surface area contributed by atoms with Crippen molar-refractivity contribution in [2.75, 3.05) is 0 Å². The zero-order chi connectivity index (χ0) is 26.4. The summed E-state index contributed by atoms with van der Waals surface area (Å²) in [6, 6.07) is 20.5. The van der Waals surface area contributed by atoms with Gasteiger partial charge in [0.2, 0.25) is 5.70 Å². The first kappa shape index (κ1) is 24.0. The molecular weight excluding hydrogens is 475 g/mol. The Hall–Kier alpha value is -4.37. The van der Waals surface area contributed by atoms with Gasteiger partial charge in [0, 0.05) is 39.8 Å². The molecule has 0 saturated carbocycles. The topological polar surface area (TPSA) is 63.3 Å². The number of pyridine rings is 1. The average molecular weight is 503 g/mol. The van der Waals surface area contributed by atoms with Crippen molar-refractivity contribution < 1.29 is 9.50 Å². The lowest BCUT2D eigenvalue weighted by Gasteiger charge is -2.48. The fourth-order valence-electron chi connectivity index (χ4n) is 6.33. The van der Waals surface area contributed by atoms with Crippen molar-refractivity contribution in [3.05, 3.63) is 113 Å². The fourth-order valence-corrected chi connectivity index (χ4v) is 6.33. The van der Waals surface area contributed by atoms with Crippen molar-refractivity contribution in [3.8, 4) is 33.9 Å². The van der Waals surface area contributed by atoms with Gasteiger partial charge in [-0.15, -0.1) is 0 Å². The maximum absolute atomic E-state index is 15.2. The predicted octanol–water partition coefficient (Wildman–Crippen LogP) is 7.56. The van der Waals surface area contributed by atoms with Crippen molar-refractivity contribution in [1.82, 2.24) is 15.0 Å². The molecule has 4 aromatic rings. The second-order valence-corrected chi connectivity index (χ2v) is 10.5. The van der Waals surface area contributed by atoms with Crippen LogP contribution in [-0.2, 0) is 11.8 Å². The van der Waals surface area contributed by atoms with Crippen LogP contribution in [0.2, 0.25) is 0 Å². The van der Waals surface area contributed by atoms with Crippen molar-refractivity contribution in [2.24, 2.45) is 11.8 Å². The van der Waals surface area contributed by atoms with E-state index in [1.54, 1.807) is 18.3 Å². The highest BCUT2D eigenvalue weighted by Crippen LogP contribution is 2.54. The highest BCUT2D eigenvalue weighted by molar-refractivity contribution is 5.72. The van der Waals surface area contributed by atoms with Gasteiger partial charge in [-0.25, -0.2) is 19.2 Å². The van der Waals surface area contributed by atoms with Crippen molar-refractivity contribution in [3.63, 3.8) is 0 Å². The van der Waals surface area contributed by atoms with Gasteiger partial charge in [0.1, 0.15) is 5.82 Å². The molecule has 5 nitrogen and oxygen atoms in total. The second-order valence-electron chi connectivity index (χ2n) is 10.5. The maximum atomic E-state index is 15.2. The SMILES string of the molecule is [C-]#[N+]C1=C(O)[C@H](C)[C@H]2CCc3c(-c4ccccc4F)nc(-c4ccnc(-c5ccccc5)c4)nc3[C@]2(C)C1. The third-order valence-electron chi connectivity index (χ3n) is 8.29. The van der Waals surface area contributed by atoms with E-state index in [9.17, 15) is 5.11 Å². The summed E-state index contributed by atoms with van der Waals surface area (Å²) in [5.74, 6) is 0.305. The van der Waals surface area contributed by atoms with Crippen molar-refractivity contribution >= 4 is 0 Å². The summed E-state index contributed by atoms with van der Waals surface area (Å²) in [5.41, 5.74) is 5.27. The number of nitrogens with zero attached hydrogens (tertiary/aromatic N) is 4. The zero-order valence-corrected chi connectivity index (χ0v) is 21.3. The molecule has 3 atom stereocenters. The third kappa shape index (κ3) is 3.78. The lowest BCUT2D eigenvalue weighted by Crippen LogP contribution is -2.45. The molecule has 6 rings (SSSR count). The summed E-state index contributed by atoms with van der Waals surface area (Å²) in [5, 5.41) is 10.8. The lowest BCUT2D eigenvalue weighted by atomic mass is 9.57. The zero-order valence-electron chi connectivity index (χ0n) is 21.3. The van der Waals surface area contributed by atoms with E-state index in [0.717, 1.165) is 34.5 Å². The van der Waals surface area contributed by atoms with Crippen LogP contribution in [0.5, 0.6) is 0 Å². The van der Waals surface area contributed by atoms with Gasteiger partial charge in [-0.2, -0.15) is 0 Å². The Labute approximate surface area is 221 Å². The number of rotatable bonds is 3. The molecule has 2 aliphatic carbocycles. The molecule has 1 N–H and O–H groups in total. The minimum absolute atomic E-state index is 0.106. The summed E-state index contributed by atoms with van der Waals surface area (Å²) in [4.78, 5) is 18.3. The number of fused-ring (bicyclic) bond motifs is 3. The summed E-state index contributed by atoms with van der Waals surface area (Å²) in [6.07, 6.45) is 3.62. The molecule has 0 unspecified atom stereocenters. The van der Waals surface area contributed by atoms with Crippen LogP contribution in [0.1, 0.15) is 37.9 Å². The second kappa shape index (κ2) is 9.18. The van der Waals surface area contributed by atoms with Gasteiger partial charge >= 0.3 is 0 Å². The Kier molecular flexibility index (Phi) is 5.80. The predicted molar refractivity (Wildman–Crippen MR) is 145 cm³/mol. The lowest BCUT2D eigenvalue weighted by molar-refractivity contribution is 0.135. The first-order valence-electron chi connectivity index (χ1n) is 12.9. The normalized spacial score (nSPS) is 22.4. The fraction of sp³-hybridized carbons (Fsp3) is 0.250. The molecule has 2 heterocycles. The number of aromatic nitrogens is 3. The smallest absolute Gasteiger partial charge is 0.203 e. The van der Waals surface area contributed by atoms with Gasteiger partial charge in [0.15, 0.2) is 5.82 Å². The molecule has 0 fully saturated rings. The van der Waals surface area contributed by atoms with E-state index in [2.05, 4.69) is 16.8 Å². The minimum atomic E-state index is -0.494. The monoisotopic (exact) mass is 502 g/mol. The number of aliphatic hydroxyl groups is 1. The van der Waals surface area contributed by atoms with Crippen LogP contribution in [0.15, 0.2) is 84.4 Å². The highest BCUT2D eigenvalue weighted by atomic mass is 19.1. The molecule has 0 radical (unpaired) electrons. The highest BCUT2D eigenvalue weighted by Gasteiger charge is 2.50. The summed E-state index contributed by atoms with van der Waals surface area (Å²) >= 11 is 0. The molecule has 0 bridgehead atoms. The Morgan fingerprint density at radius 1 is 1.03 bits per heavy atom. The molecule has 2 aromatic heterocycles. The number of benzene rings is 2. The largest absolute Gasteiger partial charge is 0.523 e. The quantitative estimate of drug-likeness (QED) is 0.294. The third-order valence-corrected chi connectivity index (χ3v) is 8.29. The molecule has 38 heavy (non-hydrogen) atoms. The van der Waals surface area contributed by atoms with Crippen LogP contribution < -0.4 is 0 Å². The summed E-state index contributed by atoms with van der Waals surface area (Å²) < 4.78 is 15.2. The van der Waals surface area contributed by atoms with Gasteiger partial charge in [0.25, 0.3) is 0 Å². The number of hydrogen-bond acceptors (Lipinski definition) is 4. The van der Waals surface area contributed by atoms with E-state index < -0.39 is 5.41 Å². The molecule has 0 saturated heterocycles. The molecule has 0 spiro atoms. The Balaban J connectivity index is 1.59. The van der Waals surface area contributed by atoms with E-state index in [1.165, 1.54) is 6.07 Å². The first-order chi connectivity index (χ1) is 18.4. The van der Waals surface area contributed by atoms with E-state index in [-0.39, 0.29) is 23.4 Å². The Morgan fingerprint density at radius 2 is 1.79 bits per heavy atom. The van der Waals surface area contributed by atoms with Crippen LogP contribution in [0.25, 0.3) is 38.7 Å². The van der Waals surface area contributed by atoms with E-state index in [1.807, 2.05) is 55.5 Å². The molecule has 2 aliphatic rings. The van der Waals surface area contributed by atoms with Crippen LogP contribution >= 0.6 is 0 Å². The van der Waals surface area contributed by atoms with E-state index in [0.29, 0.717) is 35.6 Å². The summed E-state index contributed by atoms with van der Waals surface area (Å²) in [7, 11) is 0. The van der Waals surface area contributed by atoms with Gasteiger partial charge in [-0.1, -0.05) is 56.3 Å². The van der Waals surface area contributed by atoms with Gasteiger partial charge < -0.3 is 5.11 Å². The van der Waals surface area contributed by atoms with E-state index in [4.69, 9.17) is 16.5 Å². The number of allylic oxidation sites excluding steroid dienone is 2. The van der Waals surface area contributed by atoms with Gasteiger partial charge in [-0.3, -0.25) is 4.98 Å². The van der Waals surface area contributed by atoms with Gasteiger partial charge in [0.05, 0.1) is 29.4 Å². The van der Waals surface area contributed by atoms with Crippen LogP contribution in [0.3, 0.4) is 0 Å². The van der Waals surface area contributed by atoms with Crippen LogP contribution in [0, 0.1) is 24.2 Å². The van der Waals surface area contributed by atoms with Crippen LogP contribution in [0.4, 0.5) is 4.39 Å². The van der Waals surface area contributed by atoms with Gasteiger partial charge in [-0.05, 0) is 49.4 Å². The molecule has 0 aliphatic heterocycles. The maximum Gasteiger partial charge on any atom is 0.203 e. The summed E-state index contributed by atoms with van der Waals surface area (Å²) in [6.45, 7) is 11.8. The van der Waals surface area contributed by atoms with E-state index >= 15 is 4.39 Å². The standard InChI is InChI=1S/C32H27FN4O/c1-19-24-14-13-23-28(22-11-7-8-12-25(22)33)36-31(37-30(23)32(24,2)18-27(34-3)29(19)38)21-15-16-35-26(17-21)20-9-5-4-6-10-20/h4-12,15-17,19,24,38H,13-14,18H2,1-2H3/t19-,24-,32-/m1/s1. The van der Waals surface area contributed by atoms with Crippen molar-refractivity contribution in [1.29, 1.82) is 0 Å². The average Bonchev–Trinajstić information content (AvgIpc) is 2.95. The number of aliphatic hydroxyl groups excluding tert-OH is 1. The Morgan fingerprint density at radius 3 is 2.55 bits per heavy atom. The minimum Gasteiger partial charge on any atom is -0.523 e. The molecule has 0 amide bonds. The molecule has 188 valence electrons. The Bertz CT molecular complexity index is 1620. The number of hydrogen-bond donors (Lipinski definition) is 1. The number of halogens is 1. The first-order valence-corrected chi connectivity index (χ1v) is 12.9. The molecule has 6 heteroatoms. The molecular formula is C32H27FN4O. The van der Waals surface area contributed by atoms with Crippen molar-refractivity contribution in [2.45, 2.75) is 38.5 Å². The van der Waals surface area contributed by atoms with Crippen LogP contribution in [-0.4, -0.2) is 20.1 Å². The molecule has 2 aromatic carbocycles.